The van der Waals surface area contributed by atoms with Gasteiger partial charge >= 0.3 is 0 Å². The maximum absolute atomic E-state index is 12.6. The molecule has 0 fully saturated rings. The molecule has 1 aliphatic rings. The third-order valence-electron chi connectivity index (χ3n) is 4.44. The lowest BCUT2D eigenvalue weighted by Gasteiger charge is -2.06. The molecule has 0 aromatic heterocycles. The summed E-state index contributed by atoms with van der Waals surface area (Å²) >= 11 is 0. The zero-order valence-electron chi connectivity index (χ0n) is 15.2. The molecule has 0 unspecified atom stereocenters. The van der Waals surface area contributed by atoms with Crippen LogP contribution in [0.2, 0.25) is 0 Å². The molecule has 144 valence electrons. The van der Waals surface area contributed by atoms with E-state index in [1.54, 1.807) is 24.3 Å². The number of ketones is 1. The number of benzene rings is 2. The van der Waals surface area contributed by atoms with Gasteiger partial charge in [-0.25, -0.2) is 13.0 Å². The van der Waals surface area contributed by atoms with Gasteiger partial charge in [0.1, 0.15) is 6.54 Å². The van der Waals surface area contributed by atoms with Crippen molar-refractivity contribution in [3.8, 4) is 0 Å². The Morgan fingerprint density at radius 3 is 2.37 bits per heavy atom. The molecule has 0 bridgehead atoms. The van der Waals surface area contributed by atoms with Crippen LogP contribution >= 0.6 is 0 Å². The van der Waals surface area contributed by atoms with Crippen LogP contribution in [0, 0.1) is 0 Å². The fraction of sp³-hybridized carbons (Fsp3) is 0.300. The molecule has 27 heavy (non-hydrogen) atoms. The number of hydrogen-bond acceptors (Lipinski definition) is 3. The zero-order chi connectivity index (χ0) is 18.6. The first kappa shape index (κ1) is 21.3. The van der Waals surface area contributed by atoms with Gasteiger partial charge in [0.2, 0.25) is 22.4 Å². The van der Waals surface area contributed by atoms with Crippen molar-refractivity contribution in [2.75, 3.05) is 24.1 Å². The van der Waals surface area contributed by atoms with Crippen LogP contribution in [-0.4, -0.2) is 43.8 Å². The minimum absolute atomic E-state index is 0. The van der Waals surface area contributed by atoms with Crippen LogP contribution in [0.5, 0.6) is 0 Å². The summed E-state index contributed by atoms with van der Waals surface area (Å²) in [6.07, 6.45) is 4.08. The molecule has 1 heterocycles. The van der Waals surface area contributed by atoms with Crippen molar-refractivity contribution in [2.45, 2.75) is 19.3 Å². The average molecular weight is 451 g/mol. The summed E-state index contributed by atoms with van der Waals surface area (Å²) in [5.41, 5.74) is 3.62. The van der Waals surface area contributed by atoms with Crippen molar-refractivity contribution in [3.63, 3.8) is 0 Å². The second-order valence-electron chi connectivity index (χ2n) is 6.63. The molecular weight excluding hydrogens is 428 g/mol. The van der Waals surface area contributed by atoms with Crippen LogP contribution in [-0.2, 0) is 16.4 Å². The van der Waals surface area contributed by atoms with E-state index in [4.69, 9.17) is 0 Å². The van der Waals surface area contributed by atoms with Crippen LogP contribution in [0.4, 0.5) is 5.69 Å². The lowest BCUT2D eigenvalue weighted by Crippen LogP contribution is -3.00. The van der Waals surface area contributed by atoms with Gasteiger partial charge in [0.15, 0.2) is 5.71 Å². The number of rotatable bonds is 7. The van der Waals surface area contributed by atoms with Gasteiger partial charge in [-0.1, -0.05) is 30.3 Å². The van der Waals surface area contributed by atoms with Crippen LogP contribution in [0.3, 0.4) is 0 Å². The van der Waals surface area contributed by atoms with Crippen molar-refractivity contribution in [2.24, 2.45) is 0 Å². The number of sulfonamides is 1. The van der Waals surface area contributed by atoms with E-state index in [1.165, 1.54) is 11.3 Å². The molecule has 0 atom stereocenters. The van der Waals surface area contributed by atoms with Crippen LogP contribution in [0.25, 0.3) is 0 Å². The van der Waals surface area contributed by atoms with Gasteiger partial charge in [0, 0.05) is 24.1 Å². The smallest absolute Gasteiger partial charge is 0.229 e. The van der Waals surface area contributed by atoms with Gasteiger partial charge in [-0.05, 0) is 29.8 Å². The quantitative estimate of drug-likeness (QED) is 0.466. The highest BCUT2D eigenvalue weighted by molar-refractivity contribution is 7.92. The molecule has 0 saturated heterocycles. The Hall–Kier alpha value is -1.99. The summed E-state index contributed by atoms with van der Waals surface area (Å²) < 4.78 is 27.1. The normalized spacial score (nSPS) is 14.0. The maximum atomic E-state index is 12.6. The predicted molar refractivity (Wildman–Crippen MR) is 104 cm³/mol. The first-order valence-corrected chi connectivity index (χ1v) is 10.5. The van der Waals surface area contributed by atoms with Gasteiger partial charge in [0.05, 0.1) is 12.7 Å². The maximum Gasteiger partial charge on any atom is 0.229 e. The number of carbonyl (C=O) groups is 1. The van der Waals surface area contributed by atoms with E-state index in [1.807, 2.05) is 18.2 Å². The van der Waals surface area contributed by atoms with Crippen molar-refractivity contribution >= 4 is 27.2 Å². The second kappa shape index (κ2) is 9.28. The molecular formula is C20H23BrN2O3S. The fourth-order valence-electron chi connectivity index (χ4n) is 3.22. The lowest BCUT2D eigenvalue weighted by atomic mass is 10.1. The number of Topliss-reactive ketones (excluding diaryl/α,β-unsaturated/α-hetero) is 1. The summed E-state index contributed by atoms with van der Waals surface area (Å²) in [5, 5.41) is 0. The highest BCUT2D eigenvalue weighted by atomic mass is 79.9. The number of halogens is 1. The fourth-order valence-corrected chi connectivity index (χ4v) is 3.78. The summed E-state index contributed by atoms with van der Waals surface area (Å²) in [5.74, 6) is 0.0448. The number of anilines is 1. The second-order valence-corrected chi connectivity index (χ2v) is 8.38. The minimum atomic E-state index is -3.31. The Kier molecular flexibility index (Phi) is 7.33. The molecule has 3 rings (SSSR count). The predicted octanol–water partition coefficient (Wildman–Crippen LogP) is -0.265. The summed E-state index contributed by atoms with van der Waals surface area (Å²) in [4.78, 5) is 12.6. The number of nitrogens with zero attached hydrogens (tertiary/aromatic N) is 1. The monoisotopic (exact) mass is 450 g/mol. The van der Waals surface area contributed by atoms with Crippen LogP contribution in [0.1, 0.15) is 28.8 Å². The third kappa shape index (κ3) is 6.29. The van der Waals surface area contributed by atoms with Crippen molar-refractivity contribution in [1.29, 1.82) is 0 Å². The molecule has 0 spiro atoms. The molecule has 2 aromatic carbocycles. The summed E-state index contributed by atoms with van der Waals surface area (Å²) in [7, 11) is -3.31. The molecule has 0 aliphatic carbocycles. The van der Waals surface area contributed by atoms with Gasteiger partial charge in [0.25, 0.3) is 0 Å². The Morgan fingerprint density at radius 2 is 1.74 bits per heavy atom. The number of hydrogen-bond donors (Lipinski definition) is 1. The standard InChI is InChI=1S/C20H22N2O3S.BrH/c1-26(24,25)21-18-11-9-17(10-12-18)20(23)15-22-13-5-8-19(22)14-16-6-3-2-4-7-16;/h2-4,6-7,9-12H,5,8,13-15H2,1H3;1H. The first-order valence-electron chi connectivity index (χ1n) is 8.65. The van der Waals surface area contributed by atoms with Crippen LogP contribution in [0.15, 0.2) is 54.6 Å². The third-order valence-corrected chi connectivity index (χ3v) is 5.04. The van der Waals surface area contributed by atoms with Gasteiger partial charge in [-0.2, -0.15) is 0 Å². The largest absolute Gasteiger partial charge is 1.00 e. The topological polar surface area (TPSA) is 66.2 Å². The van der Waals surface area contributed by atoms with Gasteiger partial charge in [-0.3, -0.25) is 9.52 Å². The van der Waals surface area contributed by atoms with E-state index < -0.39 is 10.0 Å². The van der Waals surface area contributed by atoms with E-state index in [2.05, 4.69) is 21.4 Å². The molecule has 5 nitrogen and oxygen atoms in total. The molecule has 1 N–H and O–H groups in total. The highest BCUT2D eigenvalue weighted by Gasteiger charge is 2.25. The van der Waals surface area contributed by atoms with E-state index in [0.29, 0.717) is 17.8 Å². The Morgan fingerprint density at radius 1 is 1.07 bits per heavy atom. The van der Waals surface area contributed by atoms with Crippen molar-refractivity contribution in [1.82, 2.24) is 0 Å². The molecule has 0 radical (unpaired) electrons. The van der Waals surface area contributed by atoms with E-state index in [0.717, 1.165) is 32.1 Å². The van der Waals surface area contributed by atoms with E-state index >= 15 is 0 Å². The summed E-state index contributed by atoms with van der Waals surface area (Å²) in [6, 6.07) is 16.9. The molecule has 0 amide bonds. The average Bonchev–Trinajstić information content (AvgIpc) is 3.02. The van der Waals surface area contributed by atoms with Gasteiger partial charge in [-0.15, -0.1) is 0 Å². The Labute approximate surface area is 170 Å². The zero-order valence-corrected chi connectivity index (χ0v) is 17.6. The lowest BCUT2D eigenvalue weighted by molar-refractivity contribution is -0.507. The molecule has 0 saturated carbocycles. The molecule has 1 aliphatic heterocycles. The Bertz CT molecular complexity index is 923. The van der Waals surface area contributed by atoms with E-state index in [-0.39, 0.29) is 22.8 Å². The first-order chi connectivity index (χ1) is 12.4. The van der Waals surface area contributed by atoms with E-state index in [9.17, 15) is 13.2 Å². The number of nitrogens with one attached hydrogen (secondary N) is 1. The van der Waals surface area contributed by atoms with Crippen LogP contribution < -0.4 is 21.7 Å². The minimum Gasteiger partial charge on any atom is -1.00 e. The van der Waals surface area contributed by atoms with Crippen molar-refractivity contribution in [3.05, 3.63) is 65.7 Å². The Balaban J connectivity index is 0.00000261. The van der Waals surface area contributed by atoms with Crippen molar-refractivity contribution < 1.29 is 34.8 Å². The summed E-state index contributed by atoms with van der Waals surface area (Å²) in [6.45, 7) is 1.27. The molecule has 7 heteroatoms. The van der Waals surface area contributed by atoms with Gasteiger partial charge < -0.3 is 17.0 Å². The molecule has 2 aromatic rings. The highest BCUT2D eigenvalue weighted by Crippen LogP contribution is 2.14. The SMILES string of the molecule is CS(=O)(=O)Nc1ccc(C(=O)C[N+]2=C(Cc3ccccc3)CCC2)cc1.[Br-]. The number of carbonyl (C=O) groups excluding carboxylic acids is 1.